The monoisotopic (exact) mass is 360 g/mol. The Balaban J connectivity index is 1.74. The number of hydrogen-bond acceptors (Lipinski definition) is 3. The van der Waals surface area contributed by atoms with E-state index in [2.05, 4.69) is 11.9 Å². The van der Waals surface area contributed by atoms with Crippen molar-refractivity contribution in [2.24, 2.45) is 0 Å². The van der Waals surface area contributed by atoms with E-state index in [1.165, 1.54) is 0 Å². The molecule has 5 heteroatoms. The van der Waals surface area contributed by atoms with Crippen molar-refractivity contribution in [3.63, 3.8) is 0 Å². The van der Waals surface area contributed by atoms with E-state index in [0.717, 1.165) is 49.5 Å². The molecule has 3 aromatic rings. The first kappa shape index (κ1) is 17.5. The highest BCUT2D eigenvalue weighted by molar-refractivity contribution is 5.94. The minimum Gasteiger partial charge on any atom is -0.336 e. The molecule has 0 bridgehead atoms. The summed E-state index contributed by atoms with van der Waals surface area (Å²) in [6.07, 6.45) is 0.993. The number of aromatic nitrogens is 2. The van der Waals surface area contributed by atoms with Gasteiger partial charge >= 0.3 is 0 Å². The van der Waals surface area contributed by atoms with Crippen LogP contribution in [0, 0.1) is 0 Å². The van der Waals surface area contributed by atoms with Crippen molar-refractivity contribution < 1.29 is 4.79 Å². The smallest absolute Gasteiger partial charge is 0.272 e. The Labute approximate surface area is 159 Å². The molecule has 4 rings (SSSR count). The van der Waals surface area contributed by atoms with Gasteiger partial charge in [-0.05, 0) is 38.2 Å². The van der Waals surface area contributed by atoms with E-state index in [4.69, 9.17) is 5.10 Å². The molecule has 0 atom stereocenters. The van der Waals surface area contributed by atoms with Crippen molar-refractivity contribution in [2.75, 3.05) is 33.2 Å². The van der Waals surface area contributed by atoms with Gasteiger partial charge in [-0.15, -0.1) is 0 Å². The molecule has 1 fully saturated rings. The van der Waals surface area contributed by atoms with E-state index in [1.807, 2.05) is 71.6 Å². The van der Waals surface area contributed by atoms with E-state index in [0.29, 0.717) is 5.69 Å². The molecule has 1 aromatic heterocycles. The molecule has 1 aliphatic heterocycles. The molecular formula is C22H24N4O. The molecule has 138 valence electrons. The quantitative estimate of drug-likeness (QED) is 0.719. The third-order valence-electron chi connectivity index (χ3n) is 5.01. The van der Waals surface area contributed by atoms with Gasteiger partial charge in [0, 0.05) is 25.2 Å². The fourth-order valence-corrected chi connectivity index (χ4v) is 3.46. The van der Waals surface area contributed by atoms with Crippen LogP contribution in [0.4, 0.5) is 0 Å². The van der Waals surface area contributed by atoms with Crippen LogP contribution in [0.5, 0.6) is 0 Å². The summed E-state index contributed by atoms with van der Waals surface area (Å²) < 4.78 is 1.78. The standard InChI is InChI=1S/C22H24N4O/c1-24-13-8-14-25(16-15-24)22(27)21-17-20(18-9-4-2-5-10-18)23-26(21)19-11-6-3-7-12-19/h2-7,9-12,17H,8,13-16H2,1H3. The number of carbonyl (C=O) groups is 1. The molecule has 1 aliphatic rings. The van der Waals surface area contributed by atoms with Gasteiger partial charge < -0.3 is 9.80 Å². The van der Waals surface area contributed by atoms with Crippen LogP contribution in [0.2, 0.25) is 0 Å². The Kier molecular flexibility index (Phi) is 5.03. The number of likely N-dealkylation sites (N-methyl/N-ethyl adjacent to an activating group) is 1. The predicted octanol–water partition coefficient (Wildman–Crippen LogP) is 3.32. The summed E-state index contributed by atoms with van der Waals surface area (Å²) in [5, 5.41) is 4.76. The summed E-state index contributed by atoms with van der Waals surface area (Å²) in [6.45, 7) is 3.45. The maximum atomic E-state index is 13.3. The lowest BCUT2D eigenvalue weighted by Gasteiger charge is -2.21. The second kappa shape index (κ2) is 7.76. The third kappa shape index (κ3) is 3.78. The normalized spacial score (nSPS) is 15.5. The van der Waals surface area contributed by atoms with Crippen molar-refractivity contribution in [2.45, 2.75) is 6.42 Å². The highest BCUT2D eigenvalue weighted by Gasteiger charge is 2.24. The number of para-hydroxylation sites is 1. The second-order valence-corrected chi connectivity index (χ2v) is 6.98. The lowest BCUT2D eigenvalue weighted by molar-refractivity contribution is 0.0753. The van der Waals surface area contributed by atoms with Crippen LogP contribution in [0.25, 0.3) is 16.9 Å². The fraction of sp³-hybridized carbons (Fsp3) is 0.273. The van der Waals surface area contributed by atoms with Gasteiger partial charge in [0.2, 0.25) is 0 Å². The van der Waals surface area contributed by atoms with Crippen molar-refractivity contribution in [3.8, 4) is 16.9 Å². The van der Waals surface area contributed by atoms with E-state index in [-0.39, 0.29) is 5.91 Å². The van der Waals surface area contributed by atoms with Crippen LogP contribution >= 0.6 is 0 Å². The van der Waals surface area contributed by atoms with Crippen molar-refractivity contribution >= 4 is 5.91 Å². The van der Waals surface area contributed by atoms with Crippen molar-refractivity contribution in [1.82, 2.24) is 19.6 Å². The van der Waals surface area contributed by atoms with Gasteiger partial charge in [0.25, 0.3) is 5.91 Å². The zero-order valence-corrected chi connectivity index (χ0v) is 15.6. The largest absolute Gasteiger partial charge is 0.336 e. The summed E-state index contributed by atoms with van der Waals surface area (Å²) in [4.78, 5) is 17.6. The highest BCUT2D eigenvalue weighted by atomic mass is 16.2. The molecule has 0 N–H and O–H groups in total. The third-order valence-corrected chi connectivity index (χ3v) is 5.01. The number of benzene rings is 2. The van der Waals surface area contributed by atoms with E-state index in [1.54, 1.807) is 4.68 Å². The SMILES string of the molecule is CN1CCCN(C(=O)c2cc(-c3ccccc3)nn2-c2ccccc2)CC1. The maximum Gasteiger partial charge on any atom is 0.272 e. The molecule has 2 aromatic carbocycles. The predicted molar refractivity (Wildman–Crippen MR) is 107 cm³/mol. The Bertz CT molecular complexity index is 905. The number of nitrogens with zero attached hydrogens (tertiary/aromatic N) is 4. The van der Waals surface area contributed by atoms with Crippen LogP contribution in [0.15, 0.2) is 66.7 Å². The summed E-state index contributed by atoms with van der Waals surface area (Å²) in [5.74, 6) is 0.0452. The number of hydrogen-bond donors (Lipinski definition) is 0. The van der Waals surface area contributed by atoms with E-state index < -0.39 is 0 Å². The minimum atomic E-state index is 0.0452. The first-order chi connectivity index (χ1) is 13.2. The van der Waals surface area contributed by atoms with Crippen molar-refractivity contribution in [3.05, 3.63) is 72.4 Å². The molecule has 0 radical (unpaired) electrons. The Morgan fingerprint density at radius 3 is 2.33 bits per heavy atom. The Morgan fingerprint density at radius 1 is 0.889 bits per heavy atom. The summed E-state index contributed by atoms with van der Waals surface area (Å²) >= 11 is 0. The van der Waals surface area contributed by atoms with Gasteiger partial charge in [-0.1, -0.05) is 48.5 Å². The lowest BCUT2D eigenvalue weighted by Crippen LogP contribution is -2.35. The lowest BCUT2D eigenvalue weighted by atomic mass is 10.1. The molecule has 0 saturated carbocycles. The van der Waals surface area contributed by atoms with Crippen LogP contribution in [-0.2, 0) is 0 Å². The molecule has 0 unspecified atom stereocenters. The zero-order chi connectivity index (χ0) is 18.6. The summed E-state index contributed by atoms with van der Waals surface area (Å²) in [6, 6.07) is 21.8. The number of carbonyl (C=O) groups excluding carboxylic acids is 1. The van der Waals surface area contributed by atoms with Crippen molar-refractivity contribution in [1.29, 1.82) is 0 Å². The molecule has 1 amide bonds. The highest BCUT2D eigenvalue weighted by Crippen LogP contribution is 2.23. The van der Waals surface area contributed by atoms with E-state index >= 15 is 0 Å². The number of amides is 1. The number of rotatable bonds is 3. The Hall–Kier alpha value is -2.92. The van der Waals surface area contributed by atoms with Gasteiger partial charge in [-0.3, -0.25) is 4.79 Å². The molecular weight excluding hydrogens is 336 g/mol. The molecule has 0 aliphatic carbocycles. The molecule has 1 saturated heterocycles. The van der Waals surface area contributed by atoms with Crippen LogP contribution in [0.3, 0.4) is 0 Å². The first-order valence-corrected chi connectivity index (χ1v) is 9.41. The van der Waals surface area contributed by atoms with Crippen LogP contribution in [0.1, 0.15) is 16.9 Å². The van der Waals surface area contributed by atoms with Gasteiger partial charge in [-0.25, -0.2) is 4.68 Å². The fourth-order valence-electron chi connectivity index (χ4n) is 3.46. The average molecular weight is 360 g/mol. The summed E-state index contributed by atoms with van der Waals surface area (Å²) in [7, 11) is 2.11. The van der Waals surface area contributed by atoms with Gasteiger partial charge in [0.15, 0.2) is 0 Å². The van der Waals surface area contributed by atoms with Gasteiger partial charge in [-0.2, -0.15) is 5.10 Å². The first-order valence-electron chi connectivity index (χ1n) is 9.41. The molecule has 27 heavy (non-hydrogen) atoms. The average Bonchev–Trinajstić information content (AvgIpc) is 3.05. The molecule has 2 heterocycles. The minimum absolute atomic E-state index is 0.0452. The maximum absolute atomic E-state index is 13.3. The Morgan fingerprint density at radius 2 is 1.59 bits per heavy atom. The second-order valence-electron chi connectivity index (χ2n) is 6.98. The molecule has 5 nitrogen and oxygen atoms in total. The zero-order valence-electron chi connectivity index (χ0n) is 15.6. The van der Waals surface area contributed by atoms with Gasteiger partial charge in [0.05, 0.1) is 11.4 Å². The van der Waals surface area contributed by atoms with Crippen LogP contribution < -0.4 is 0 Å². The van der Waals surface area contributed by atoms with Crippen LogP contribution in [-0.4, -0.2) is 58.7 Å². The van der Waals surface area contributed by atoms with E-state index in [9.17, 15) is 4.79 Å². The molecule has 0 spiro atoms. The van der Waals surface area contributed by atoms with Gasteiger partial charge in [0.1, 0.15) is 5.69 Å². The topological polar surface area (TPSA) is 41.4 Å². The summed E-state index contributed by atoms with van der Waals surface area (Å²) in [5.41, 5.74) is 3.34.